The van der Waals surface area contributed by atoms with Gasteiger partial charge in [0.15, 0.2) is 5.65 Å². The fraction of sp³-hybridized carbons (Fsp3) is 0.194. The van der Waals surface area contributed by atoms with Crippen LogP contribution >= 0.6 is 0 Å². The molecule has 6 rings (SSSR count). The van der Waals surface area contributed by atoms with Gasteiger partial charge >= 0.3 is 0 Å². The summed E-state index contributed by atoms with van der Waals surface area (Å²) < 4.78 is 2.23. The van der Waals surface area contributed by atoms with E-state index in [1.54, 1.807) is 0 Å². The average molecular weight is 516 g/mol. The SMILES string of the molecule is CCc1nc2c(C)cc(C)nc2n1Cc1ccc(-c2cc(-c3ccc(CO)cc3)ccc2-c2nn[nH]n2)cc1. The van der Waals surface area contributed by atoms with E-state index in [1.165, 1.54) is 5.56 Å². The molecule has 0 spiro atoms. The number of pyridine rings is 1. The van der Waals surface area contributed by atoms with Gasteiger partial charge in [0.1, 0.15) is 11.3 Å². The molecule has 194 valence electrons. The largest absolute Gasteiger partial charge is 0.392 e. The first-order valence-corrected chi connectivity index (χ1v) is 13.0. The van der Waals surface area contributed by atoms with Crippen LogP contribution in [0, 0.1) is 13.8 Å². The molecule has 0 radical (unpaired) electrons. The monoisotopic (exact) mass is 515 g/mol. The molecule has 0 saturated heterocycles. The normalized spacial score (nSPS) is 11.4. The lowest BCUT2D eigenvalue weighted by Crippen LogP contribution is -2.05. The number of aryl methyl sites for hydroxylation is 3. The number of aliphatic hydroxyl groups excluding tert-OH is 1. The minimum absolute atomic E-state index is 0.0263. The second-order valence-corrected chi connectivity index (χ2v) is 9.77. The number of hydrogen-bond acceptors (Lipinski definition) is 6. The maximum atomic E-state index is 9.41. The van der Waals surface area contributed by atoms with Crippen LogP contribution in [0.5, 0.6) is 0 Å². The van der Waals surface area contributed by atoms with Crippen LogP contribution in [0.15, 0.2) is 72.8 Å². The van der Waals surface area contributed by atoms with Crippen molar-refractivity contribution in [2.45, 2.75) is 40.3 Å². The van der Waals surface area contributed by atoms with E-state index < -0.39 is 0 Å². The van der Waals surface area contributed by atoms with Crippen molar-refractivity contribution in [1.29, 1.82) is 0 Å². The molecule has 0 bridgehead atoms. The van der Waals surface area contributed by atoms with Crippen molar-refractivity contribution in [3.8, 4) is 33.6 Å². The summed E-state index contributed by atoms with van der Waals surface area (Å²) >= 11 is 0. The van der Waals surface area contributed by atoms with E-state index in [9.17, 15) is 5.11 Å². The molecule has 0 atom stereocenters. The Morgan fingerprint density at radius 3 is 2.21 bits per heavy atom. The molecule has 3 aromatic heterocycles. The van der Waals surface area contributed by atoms with Crippen molar-refractivity contribution in [3.05, 3.63) is 101 Å². The highest BCUT2D eigenvalue weighted by Gasteiger charge is 2.16. The molecule has 0 aliphatic heterocycles. The third-order valence-corrected chi connectivity index (χ3v) is 7.10. The highest BCUT2D eigenvalue weighted by molar-refractivity contribution is 5.85. The highest BCUT2D eigenvalue weighted by Crippen LogP contribution is 2.34. The number of aromatic amines is 1. The Kier molecular flexibility index (Phi) is 6.46. The zero-order chi connectivity index (χ0) is 26.9. The first-order valence-electron chi connectivity index (χ1n) is 13.0. The molecule has 0 aliphatic carbocycles. The van der Waals surface area contributed by atoms with Gasteiger partial charge in [0.25, 0.3) is 0 Å². The minimum Gasteiger partial charge on any atom is -0.392 e. The predicted molar refractivity (Wildman–Crippen MR) is 152 cm³/mol. The molecule has 0 amide bonds. The highest BCUT2D eigenvalue weighted by atomic mass is 16.3. The topological polar surface area (TPSA) is 105 Å². The summed E-state index contributed by atoms with van der Waals surface area (Å²) in [6.45, 7) is 6.98. The number of imidazole rings is 1. The standard InChI is InChI=1S/C31H29N7O/c1-4-28-33-29-19(2)15-20(3)32-31(29)38(28)17-21-5-11-24(12-6-21)27-16-25(23-9-7-22(18-39)8-10-23)13-14-26(27)30-34-36-37-35-30/h5-16,39H,4,17-18H2,1-3H3,(H,34,35,36,37). The van der Waals surface area contributed by atoms with E-state index in [0.717, 1.165) is 68.0 Å². The molecule has 3 aromatic carbocycles. The maximum absolute atomic E-state index is 9.41. The first-order chi connectivity index (χ1) is 19.0. The number of H-pyrrole nitrogens is 1. The Balaban J connectivity index is 1.38. The second kappa shape index (κ2) is 10.2. The number of fused-ring (bicyclic) bond motifs is 1. The van der Waals surface area contributed by atoms with Crippen LogP contribution in [0.2, 0.25) is 0 Å². The Morgan fingerprint density at radius 1 is 0.795 bits per heavy atom. The third kappa shape index (κ3) is 4.70. The molecule has 2 N–H and O–H groups in total. The number of benzene rings is 3. The van der Waals surface area contributed by atoms with Crippen LogP contribution in [0.25, 0.3) is 44.8 Å². The first kappa shape index (κ1) is 24.6. The van der Waals surface area contributed by atoms with Crippen molar-refractivity contribution in [1.82, 2.24) is 35.2 Å². The average Bonchev–Trinajstić information content (AvgIpc) is 3.62. The minimum atomic E-state index is 0.0263. The Hall–Kier alpha value is -4.69. The van der Waals surface area contributed by atoms with Crippen LogP contribution < -0.4 is 0 Å². The lowest BCUT2D eigenvalue weighted by Gasteiger charge is -2.13. The molecule has 6 aromatic rings. The quantitative estimate of drug-likeness (QED) is 0.284. The molecule has 39 heavy (non-hydrogen) atoms. The van der Waals surface area contributed by atoms with Crippen molar-refractivity contribution < 1.29 is 5.11 Å². The molecular weight excluding hydrogens is 486 g/mol. The molecule has 0 aliphatic rings. The van der Waals surface area contributed by atoms with E-state index in [4.69, 9.17) is 9.97 Å². The number of aliphatic hydroxyl groups is 1. The zero-order valence-electron chi connectivity index (χ0n) is 22.2. The molecule has 8 heteroatoms. The van der Waals surface area contributed by atoms with E-state index in [0.29, 0.717) is 12.4 Å². The van der Waals surface area contributed by atoms with Crippen LogP contribution in [-0.2, 0) is 19.6 Å². The van der Waals surface area contributed by atoms with E-state index in [2.05, 4.69) is 81.5 Å². The summed E-state index contributed by atoms with van der Waals surface area (Å²) in [5.41, 5.74) is 11.2. The Morgan fingerprint density at radius 2 is 1.51 bits per heavy atom. The van der Waals surface area contributed by atoms with Crippen molar-refractivity contribution in [2.24, 2.45) is 0 Å². The number of nitrogens with one attached hydrogen (secondary N) is 1. The van der Waals surface area contributed by atoms with Crippen LogP contribution in [0.4, 0.5) is 0 Å². The van der Waals surface area contributed by atoms with Crippen molar-refractivity contribution in [2.75, 3.05) is 0 Å². The fourth-order valence-electron chi connectivity index (χ4n) is 5.09. The summed E-state index contributed by atoms with van der Waals surface area (Å²) in [7, 11) is 0. The predicted octanol–water partition coefficient (Wildman–Crippen LogP) is 5.67. The van der Waals surface area contributed by atoms with Gasteiger partial charge in [0.2, 0.25) is 5.82 Å². The van der Waals surface area contributed by atoms with Crippen LogP contribution in [0.1, 0.15) is 35.1 Å². The van der Waals surface area contributed by atoms with Crippen molar-refractivity contribution >= 4 is 11.2 Å². The second-order valence-electron chi connectivity index (χ2n) is 9.77. The summed E-state index contributed by atoms with van der Waals surface area (Å²) in [4.78, 5) is 9.71. The summed E-state index contributed by atoms with van der Waals surface area (Å²) in [6, 6.07) is 24.9. The van der Waals surface area contributed by atoms with Crippen molar-refractivity contribution in [3.63, 3.8) is 0 Å². The Labute approximate surface area is 226 Å². The molecule has 0 fully saturated rings. The van der Waals surface area contributed by atoms with Gasteiger partial charge in [-0.1, -0.05) is 61.5 Å². The molecule has 3 heterocycles. The zero-order valence-corrected chi connectivity index (χ0v) is 22.2. The van der Waals surface area contributed by atoms with Gasteiger partial charge in [0, 0.05) is 17.7 Å². The van der Waals surface area contributed by atoms with Gasteiger partial charge in [-0.2, -0.15) is 5.21 Å². The van der Waals surface area contributed by atoms with Gasteiger partial charge in [-0.15, -0.1) is 10.2 Å². The van der Waals surface area contributed by atoms with Gasteiger partial charge in [-0.3, -0.25) is 0 Å². The van der Waals surface area contributed by atoms with E-state index >= 15 is 0 Å². The lowest BCUT2D eigenvalue weighted by atomic mass is 9.93. The summed E-state index contributed by atoms with van der Waals surface area (Å²) in [5.74, 6) is 1.58. The van der Waals surface area contributed by atoms with Gasteiger partial charge in [-0.25, -0.2) is 9.97 Å². The van der Waals surface area contributed by atoms with Crippen LogP contribution in [0.3, 0.4) is 0 Å². The fourth-order valence-corrected chi connectivity index (χ4v) is 5.09. The van der Waals surface area contributed by atoms with E-state index in [1.807, 2.05) is 37.3 Å². The third-order valence-electron chi connectivity index (χ3n) is 7.10. The van der Waals surface area contributed by atoms with Gasteiger partial charge in [0.05, 0.1) is 13.2 Å². The lowest BCUT2D eigenvalue weighted by molar-refractivity contribution is 0.282. The Bertz CT molecular complexity index is 1750. The molecule has 8 nitrogen and oxygen atoms in total. The summed E-state index contributed by atoms with van der Waals surface area (Å²) in [5, 5.41) is 24.2. The molecule has 0 saturated carbocycles. The number of aromatic nitrogens is 7. The van der Waals surface area contributed by atoms with Gasteiger partial charge < -0.3 is 9.67 Å². The smallest absolute Gasteiger partial charge is 0.205 e. The molecular formula is C31H29N7O. The summed E-state index contributed by atoms with van der Waals surface area (Å²) in [6.07, 6.45) is 0.840. The number of nitrogens with zero attached hydrogens (tertiary/aromatic N) is 6. The maximum Gasteiger partial charge on any atom is 0.205 e. The van der Waals surface area contributed by atoms with Gasteiger partial charge in [-0.05, 0) is 76.2 Å². The number of tetrazole rings is 1. The van der Waals surface area contributed by atoms with Crippen LogP contribution in [-0.4, -0.2) is 40.3 Å². The number of rotatable bonds is 7. The van der Waals surface area contributed by atoms with E-state index in [-0.39, 0.29) is 6.61 Å². The molecule has 0 unspecified atom stereocenters. The number of hydrogen-bond donors (Lipinski definition) is 2.